The van der Waals surface area contributed by atoms with Gasteiger partial charge in [0.15, 0.2) is 5.17 Å². The first kappa shape index (κ1) is 13.7. The Labute approximate surface area is 118 Å². The topological polar surface area (TPSA) is 38.4 Å². The van der Waals surface area contributed by atoms with Gasteiger partial charge in [0, 0.05) is 5.75 Å². The number of rotatable bonds is 4. The van der Waals surface area contributed by atoms with Gasteiger partial charge in [-0.1, -0.05) is 66.4 Å². The molecule has 98 valence electrons. The zero-order valence-electron chi connectivity index (χ0n) is 11.0. The van der Waals surface area contributed by atoms with E-state index >= 15 is 0 Å². The maximum Gasteiger partial charge on any atom is 0.154 e. The highest BCUT2D eigenvalue weighted by atomic mass is 32.2. The van der Waals surface area contributed by atoms with Crippen LogP contribution in [0.1, 0.15) is 16.7 Å². The van der Waals surface area contributed by atoms with Crippen molar-refractivity contribution in [1.82, 2.24) is 0 Å². The average Bonchev–Trinajstić information content (AvgIpc) is 2.45. The van der Waals surface area contributed by atoms with E-state index in [2.05, 4.69) is 48.3 Å². The molecule has 0 spiro atoms. The monoisotopic (exact) mass is 270 g/mol. The van der Waals surface area contributed by atoms with Crippen LogP contribution in [0.4, 0.5) is 0 Å². The summed E-state index contributed by atoms with van der Waals surface area (Å²) in [5.74, 6) is 0.872. The molecule has 2 N–H and O–H groups in total. The van der Waals surface area contributed by atoms with Crippen molar-refractivity contribution < 1.29 is 0 Å². The van der Waals surface area contributed by atoms with Crippen LogP contribution in [0.3, 0.4) is 0 Å². The third kappa shape index (κ3) is 4.45. The summed E-state index contributed by atoms with van der Waals surface area (Å²) < 4.78 is 0. The molecule has 2 nitrogen and oxygen atoms in total. The van der Waals surface area contributed by atoms with Gasteiger partial charge in [-0.2, -0.15) is 0 Å². The number of amidine groups is 1. The quantitative estimate of drug-likeness (QED) is 0.679. The van der Waals surface area contributed by atoms with Crippen molar-refractivity contribution in [2.45, 2.75) is 19.2 Å². The Kier molecular flexibility index (Phi) is 5.04. The normalized spacial score (nSPS) is 11.5. The van der Waals surface area contributed by atoms with Crippen LogP contribution >= 0.6 is 11.8 Å². The van der Waals surface area contributed by atoms with E-state index in [1.54, 1.807) is 11.8 Å². The molecule has 0 heterocycles. The minimum absolute atomic E-state index is 0.645. The summed E-state index contributed by atoms with van der Waals surface area (Å²) in [6.07, 6.45) is 0. The molecule has 0 amide bonds. The van der Waals surface area contributed by atoms with Crippen molar-refractivity contribution in [1.29, 1.82) is 0 Å². The molecule has 0 aliphatic heterocycles. The molecule has 2 aromatic carbocycles. The Morgan fingerprint density at radius 3 is 2.47 bits per heavy atom. The van der Waals surface area contributed by atoms with Gasteiger partial charge in [0.25, 0.3) is 0 Å². The van der Waals surface area contributed by atoms with Crippen LogP contribution in [0.5, 0.6) is 0 Å². The van der Waals surface area contributed by atoms with Crippen molar-refractivity contribution >= 4 is 16.9 Å². The summed E-state index contributed by atoms with van der Waals surface area (Å²) >= 11 is 1.59. The minimum Gasteiger partial charge on any atom is -0.379 e. The predicted molar refractivity (Wildman–Crippen MR) is 84.2 cm³/mol. The van der Waals surface area contributed by atoms with Crippen LogP contribution < -0.4 is 5.73 Å². The van der Waals surface area contributed by atoms with Crippen molar-refractivity contribution in [3.8, 4) is 0 Å². The van der Waals surface area contributed by atoms with E-state index in [4.69, 9.17) is 5.73 Å². The van der Waals surface area contributed by atoms with Gasteiger partial charge in [-0.3, -0.25) is 4.99 Å². The SMILES string of the molecule is Cc1ccccc1CSC(N)=NCc1ccccc1. The van der Waals surface area contributed by atoms with Crippen LogP contribution in [0, 0.1) is 6.92 Å². The van der Waals surface area contributed by atoms with E-state index in [1.807, 2.05) is 18.2 Å². The van der Waals surface area contributed by atoms with Gasteiger partial charge in [-0.05, 0) is 23.6 Å². The van der Waals surface area contributed by atoms with E-state index < -0.39 is 0 Å². The molecule has 0 saturated heterocycles. The molecule has 3 heteroatoms. The predicted octanol–water partition coefficient (Wildman–Crippen LogP) is 3.74. The van der Waals surface area contributed by atoms with E-state index in [1.165, 1.54) is 16.7 Å². The van der Waals surface area contributed by atoms with Crippen LogP contribution in [-0.4, -0.2) is 5.17 Å². The molecule has 0 unspecified atom stereocenters. The number of hydrogen-bond acceptors (Lipinski definition) is 2. The third-order valence-electron chi connectivity index (χ3n) is 2.90. The molecular formula is C16H18N2S. The second-order valence-corrected chi connectivity index (χ2v) is 5.35. The first-order valence-corrected chi connectivity index (χ1v) is 7.25. The Morgan fingerprint density at radius 2 is 1.74 bits per heavy atom. The van der Waals surface area contributed by atoms with Crippen LogP contribution in [0.25, 0.3) is 0 Å². The van der Waals surface area contributed by atoms with Gasteiger partial charge < -0.3 is 5.73 Å². The zero-order valence-corrected chi connectivity index (χ0v) is 11.9. The molecule has 0 aliphatic carbocycles. The number of nitrogens with two attached hydrogens (primary N) is 1. The number of hydrogen-bond donors (Lipinski definition) is 1. The third-order valence-corrected chi connectivity index (χ3v) is 3.78. The Morgan fingerprint density at radius 1 is 1.05 bits per heavy atom. The highest BCUT2D eigenvalue weighted by molar-refractivity contribution is 8.13. The van der Waals surface area contributed by atoms with Crippen molar-refractivity contribution in [2.75, 3.05) is 0 Å². The van der Waals surface area contributed by atoms with Gasteiger partial charge in [-0.25, -0.2) is 0 Å². The van der Waals surface area contributed by atoms with Crippen LogP contribution in [0.2, 0.25) is 0 Å². The van der Waals surface area contributed by atoms with Crippen molar-refractivity contribution in [3.05, 3.63) is 71.3 Å². The number of thioether (sulfide) groups is 1. The summed E-state index contributed by atoms with van der Waals surface area (Å²) in [6.45, 7) is 2.76. The second kappa shape index (κ2) is 7.00. The fourth-order valence-electron chi connectivity index (χ4n) is 1.72. The molecule has 0 radical (unpaired) electrons. The molecule has 0 bridgehead atoms. The smallest absolute Gasteiger partial charge is 0.154 e. The molecule has 19 heavy (non-hydrogen) atoms. The number of aryl methyl sites for hydroxylation is 1. The summed E-state index contributed by atoms with van der Waals surface area (Å²) in [6, 6.07) is 18.5. The fourth-order valence-corrected chi connectivity index (χ4v) is 2.51. The number of nitrogens with zero attached hydrogens (tertiary/aromatic N) is 1. The Hall–Kier alpha value is -1.74. The lowest BCUT2D eigenvalue weighted by Crippen LogP contribution is -2.07. The lowest BCUT2D eigenvalue weighted by molar-refractivity contribution is 1.07. The van der Waals surface area contributed by atoms with E-state index in [9.17, 15) is 0 Å². The summed E-state index contributed by atoms with van der Waals surface area (Å²) in [7, 11) is 0. The highest BCUT2D eigenvalue weighted by Gasteiger charge is 1.99. The van der Waals surface area contributed by atoms with E-state index in [0.717, 1.165) is 5.75 Å². The lowest BCUT2D eigenvalue weighted by Gasteiger charge is -2.05. The Bertz CT molecular complexity index is 550. The summed E-state index contributed by atoms with van der Waals surface area (Å²) in [4.78, 5) is 4.40. The van der Waals surface area contributed by atoms with Crippen LogP contribution in [0.15, 0.2) is 59.6 Å². The van der Waals surface area contributed by atoms with E-state index in [-0.39, 0.29) is 0 Å². The summed E-state index contributed by atoms with van der Waals surface area (Å²) in [5, 5.41) is 0.645. The molecule has 0 aromatic heterocycles. The first-order valence-electron chi connectivity index (χ1n) is 6.27. The first-order chi connectivity index (χ1) is 9.25. The van der Waals surface area contributed by atoms with Gasteiger partial charge in [0.1, 0.15) is 0 Å². The number of benzene rings is 2. The fraction of sp³-hybridized carbons (Fsp3) is 0.188. The molecular weight excluding hydrogens is 252 g/mol. The van der Waals surface area contributed by atoms with Crippen molar-refractivity contribution in [2.24, 2.45) is 10.7 Å². The maximum atomic E-state index is 5.93. The molecule has 0 aliphatic rings. The molecule has 0 fully saturated rings. The Balaban J connectivity index is 1.88. The van der Waals surface area contributed by atoms with Gasteiger partial charge in [0.05, 0.1) is 6.54 Å². The maximum absolute atomic E-state index is 5.93. The highest BCUT2D eigenvalue weighted by Crippen LogP contribution is 2.16. The van der Waals surface area contributed by atoms with Crippen LogP contribution in [-0.2, 0) is 12.3 Å². The molecule has 2 rings (SSSR count). The van der Waals surface area contributed by atoms with E-state index in [0.29, 0.717) is 11.7 Å². The second-order valence-electron chi connectivity index (χ2n) is 4.36. The standard InChI is InChI=1S/C16H18N2S/c1-13-7-5-6-10-15(13)12-19-16(17)18-11-14-8-3-2-4-9-14/h2-10H,11-12H2,1H3,(H2,17,18). The average molecular weight is 270 g/mol. The van der Waals surface area contributed by atoms with Gasteiger partial charge >= 0.3 is 0 Å². The number of aliphatic imine (C=N–C) groups is 1. The minimum atomic E-state index is 0.645. The molecule has 0 atom stereocenters. The molecule has 0 saturated carbocycles. The molecule has 2 aromatic rings. The van der Waals surface area contributed by atoms with Gasteiger partial charge in [0.2, 0.25) is 0 Å². The van der Waals surface area contributed by atoms with Crippen molar-refractivity contribution in [3.63, 3.8) is 0 Å². The zero-order chi connectivity index (χ0) is 13.5. The largest absolute Gasteiger partial charge is 0.379 e. The lowest BCUT2D eigenvalue weighted by atomic mass is 10.1. The van der Waals surface area contributed by atoms with Gasteiger partial charge in [-0.15, -0.1) is 0 Å². The summed E-state index contributed by atoms with van der Waals surface area (Å²) in [5.41, 5.74) is 9.72.